The summed E-state index contributed by atoms with van der Waals surface area (Å²) in [7, 11) is 0. The molecule has 0 atom stereocenters. The smallest absolute Gasteiger partial charge is 0.275 e. The molecule has 4 N–H and O–H groups in total. The van der Waals surface area contributed by atoms with Crippen molar-refractivity contribution in [1.29, 1.82) is 0 Å². The monoisotopic (exact) mass is 396 g/mol. The van der Waals surface area contributed by atoms with E-state index >= 15 is 0 Å². The SMILES string of the molecule is Cc1ccc(NC(=O)c2csc(CCN)n2)cc1NC(=O)C(C)(C)C.Cl. The van der Waals surface area contributed by atoms with E-state index in [1.165, 1.54) is 11.3 Å². The number of hydrogen-bond acceptors (Lipinski definition) is 5. The lowest BCUT2D eigenvalue weighted by Gasteiger charge is -2.19. The van der Waals surface area contributed by atoms with Crippen LogP contribution in [-0.2, 0) is 11.2 Å². The second-order valence-corrected chi connectivity index (χ2v) is 7.80. The summed E-state index contributed by atoms with van der Waals surface area (Å²) >= 11 is 1.42. The third-order valence-electron chi connectivity index (χ3n) is 3.57. The van der Waals surface area contributed by atoms with Crippen LogP contribution in [0.4, 0.5) is 11.4 Å². The lowest BCUT2D eigenvalue weighted by Crippen LogP contribution is -2.28. The van der Waals surface area contributed by atoms with Gasteiger partial charge < -0.3 is 16.4 Å². The van der Waals surface area contributed by atoms with Gasteiger partial charge in [-0.05, 0) is 31.2 Å². The fraction of sp³-hybridized carbons (Fsp3) is 0.389. The number of nitrogens with one attached hydrogen (secondary N) is 2. The van der Waals surface area contributed by atoms with Crippen LogP contribution in [0.25, 0.3) is 0 Å². The summed E-state index contributed by atoms with van der Waals surface area (Å²) in [4.78, 5) is 28.8. The number of nitrogens with zero attached hydrogens (tertiary/aromatic N) is 1. The van der Waals surface area contributed by atoms with Crippen LogP contribution < -0.4 is 16.4 Å². The molecule has 0 radical (unpaired) electrons. The van der Waals surface area contributed by atoms with E-state index in [4.69, 9.17) is 5.73 Å². The third kappa shape index (κ3) is 5.79. The van der Waals surface area contributed by atoms with Gasteiger partial charge in [-0.1, -0.05) is 26.8 Å². The van der Waals surface area contributed by atoms with Crippen LogP contribution in [0.2, 0.25) is 0 Å². The second-order valence-electron chi connectivity index (χ2n) is 6.85. The quantitative estimate of drug-likeness (QED) is 0.719. The fourth-order valence-electron chi connectivity index (χ4n) is 1.99. The first-order valence-corrected chi connectivity index (χ1v) is 8.96. The highest BCUT2D eigenvalue weighted by Crippen LogP contribution is 2.24. The zero-order valence-electron chi connectivity index (χ0n) is 15.4. The van der Waals surface area contributed by atoms with Crippen molar-refractivity contribution < 1.29 is 9.59 Å². The van der Waals surface area contributed by atoms with Crippen molar-refractivity contribution in [3.63, 3.8) is 0 Å². The first-order chi connectivity index (χ1) is 11.7. The normalized spacial score (nSPS) is 10.8. The molecule has 0 unspecified atom stereocenters. The minimum atomic E-state index is -0.494. The Morgan fingerprint density at radius 3 is 2.54 bits per heavy atom. The van der Waals surface area contributed by atoms with Crippen molar-refractivity contribution in [1.82, 2.24) is 4.98 Å². The molecule has 0 aliphatic carbocycles. The maximum atomic E-state index is 12.3. The van der Waals surface area contributed by atoms with Crippen LogP contribution in [0.1, 0.15) is 41.8 Å². The van der Waals surface area contributed by atoms with E-state index in [1.54, 1.807) is 17.5 Å². The van der Waals surface area contributed by atoms with E-state index in [0.29, 0.717) is 30.0 Å². The summed E-state index contributed by atoms with van der Waals surface area (Å²) in [5.41, 5.74) is 7.59. The van der Waals surface area contributed by atoms with E-state index in [-0.39, 0.29) is 24.2 Å². The zero-order valence-corrected chi connectivity index (χ0v) is 17.0. The molecule has 6 nitrogen and oxygen atoms in total. The molecule has 1 aromatic heterocycles. The van der Waals surface area contributed by atoms with Crippen LogP contribution in [-0.4, -0.2) is 23.3 Å². The number of nitrogens with two attached hydrogens (primary N) is 1. The van der Waals surface area contributed by atoms with Gasteiger partial charge in [-0.25, -0.2) is 4.98 Å². The summed E-state index contributed by atoms with van der Waals surface area (Å²) < 4.78 is 0. The number of thiazole rings is 1. The third-order valence-corrected chi connectivity index (χ3v) is 4.48. The number of aromatic nitrogens is 1. The summed E-state index contributed by atoms with van der Waals surface area (Å²) in [6.07, 6.45) is 0.658. The van der Waals surface area contributed by atoms with Gasteiger partial charge in [0, 0.05) is 28.6 Å². The van der Waals surface area contributed by atoms with Gasteiger partial charge in [0.15, 0.2) is 0 Å². The molecule has 0 aliphatic heterocycles. The summed E-state index contributed by atoms with van der Waals surface area (Å²) in [6, 6.07) is 5.41. The van der Waals surface area contributed by atoms with Crippen molar-refractivity contribution >= 4 is 46.9 Å². The predicted molar refractivity (Wildman–Crippen MR) is 109 cm³/mol. The molecule has 1 heterocycles. The van der Waals surface area contributed by atoms with Crippen LogP contribution in [0.15, 0.2) is 23.6 Å². The topological polar surface area (TPSA) is 97.1 Å². The molecule has 0 aliphatic rings. The Morgan fingerprint density at radius 2 is 1.92 bits per heavy atom. The molecule has 26 heavy (non-hydrogen) atoms. The highest BCUT2D eigenvalue weighted by molar-refractivity contribution is 7.09. The Labute approximate surface area is 164 Å². The Hall–Kier alpha value is -1.96. The largest absolute Gasteiger partial charge is 0.330 e. The van der Waals surface area contributed by atoms with Crippen molar-refractivity contribution in [2.75, 3.05) is 17.2 Å². The highest BCUT2D eigenvalue weighted by atomic mass is 35.5. The number of hydrogen-bond donors (Lipinski definition) is 3. The Kier molecular flexibility index (Phi) is 7.74. The van der Waals surface area contributed by atoms with Crippen LogP contribution in [0, 0.1) is 12.3 Å². The van der Waals surface area contributed by atoms with Gasteiger partial charge in [-0.15, -0.1) is 23.7 Å². The van der Waals surface area contributed by atoms with Crippen molar-refractivity contribution in [2.24, 2.45) is 11.1 Å². The molecule has 0 fully saturated rings. The van der Waals surface area contributed by atoms with E-state index in [9.17, 15) is 9.59 Å². The molecular formula is C18H25ClN4O2S. The zero-order chi connectivity index (χ0) is 18.6. The number of carbonyl (C=O) groups is 2. The standard InChI is InChI=1S/C18H24N4O2S.ClH/c1-11-5-6-12(9-13(11)22-17(24)18(2,3)4)20-16(23)14-10-25-15(21-14)7-8-19;/h5-6,9-10H,7-8,19H2,1-4H3,(H,20,23)(H,22,24);1H. The van der Waals surface area contributed by atoms with Crippen molar-refractivity contribution in [3.05, 3.63) is 39.8 Å². The number of aryl methyl sites for hydroxylation is 1. The summed E-state index contributed by atoms with van der Waals surface area (Å²) in [5.74, 6) is -0.360. The highest BCUT2D eigenvalue weighted by Gasteiger charge is 2.22. The minimum absolute atomic E-state index is 0. The number of anilines is 2. The second kappa shape index (κ2) is 9.12. The molecule has 2 aromatic rings. The van der Waals surface area contributed by atoms with E-state index in [1.807, 2.05) is 33.8 Å². The number of amides is 2. The Balaban J connectivity index is 0.00000338. The van der Waals surface area contributed by atoms with Crippen LogP contribution in [0.3, 0.4) is 0 Å². The van der Waals surface area contributed by atoms with Gasteiger partial charge in [0.2, 0.25) is 5.91 Å². The number of carbonyl (C=O) groups excluding carboxylic acids is 2. The number of rotatable bonds is 5. The van der Waals surface area contributed by atoms with E-state index in [0.717, 1.165) is 10.6 Å². The molecule has 0 bridgehead atoms. The molecular weight excluding hydrogens is 372 g/mol. The predicted octanol–water partition coefficient (Wildman–Crippen LogP) is 3.61. The molecule has 1 aromatic carbocycles. The Morgan fingerprint density at radius 1 is 1.23 bits per heavy atom. The minimum Gasteiger partial charge on any atom is -0.330 e. The van der Waals surface area contributed by atoms with Gasteiger partial charge in [-0.2, -0.15) is 0 Å². The van der Waals surface area contributed by atoms with E-state index in [2.05, 4.69) is 15.6 Å². The van der Waals surface area contributed by atoms with Crippen LogP contribution >= 0.6 is 23.7 Å². The van der Waals surface area contributed by atoms with Crippen molar-refractivity contribution in [3.8, 4) is 0 Å². The molecule has 0 saturated heterocycles. The fourth-order valence-corrected chi connectivity index (χ4v) is 2.79. The van der Waals surface area contributed by atoms with Crippen LogP contribution in [0.5, 0.6) is 0 Å². The summed E-state index contributed by atoms with van der Waals surface area (Å²) in [6.45, 7) is 7.96. The van der Waals surface area contributed by atoms with Gasteiger partial charge in [0.25, 0.3) is 5.91 Å². The van der Waals surface area contributed by atoms with Gasteiger partial charge in [0.1, 0.15) is 5.69 Å². The number of benzene rings is 1. The van der Waals surface area contributed by atoms with Crippen molar-refractivity contribution in [2.45, 2.75) is 34.1 Å². The average Bonchev–Trinajstić information content (AvgIpc) is 2.99. The van der Waals surface area contributed by atoms with Gasteiger partial charge in [0.05, 0.1) is 5.01 Å². The average molecular weight is 397 g/mol. The maximum Gasteiger partial charge on any atom is 0.275 e. The molecule has 0 spiro atoms. The molecule has 2 rings (SSSR count). The van der Waals surface area contributed by atoms with E-state index < -0.39 is 5.41 Å². The Bertz CT molecular complexity index is 784. The molecule has 8 heteroatoms. The maximum absolute atomic E-state index is 12.3. The summed E-state index contributed by atoms with van der Waals surface area (Å²) in [5, 5.41) is 8.28. The molecule has 142 valence electrons. The molecule has 2 amide bonds. The van der Waals surface area contributed by atoms with Gasteiger partial charge >= 0.3 is 0 Å². The van der Waals surface area contributed by atoms with Gasteiger partial charge in [-0.3, -0.25) is 9.59 Å². The number of halogens is 1. The lowest BCUT2D eigenvalue weighted by molar-refractivity contribution is -0.123. The first kappa shape index (κ1) is 22.1. The first-order valence-electron chi connectivity index (χ1n) is 8.08. The molecule has 0 saturated carbocycles. The lowest BCUT2D eigenvalue weighted by atomic mass is 9.95.